The molecule has 0 aromatic rings. The van der Waals surface area contributed by atoms with Crippen LogP contribution in [-0.4, -0.2) is 24.3 Å². The van der Waals surface area contributed by atoms with Crippen LogP contribution < -0.4 is 11.5 Å². The van der Waals surface area contributed by atoms with Crippen molar-refractivity contribution in [3.8, 4) is 0 Å². The van der Waals surface area contributed by atoms with Crippen LogP contribution in [0.4, 0.5) is 0 Å². The molecule has 0 fully saturated rings. The molecule has 2 atom stereocenters. The minimum absolute atomic E-state index is 0.0483. The molecule has 0 heterocycles. The molecule has 56 valence electrons. The van der Waals surface area contributed by atoms with Gasteiger partial charge in [-0.3, -0.25) is 0 Å². The van der Waals surface area contributed by atoms with E-state index in [4.69, 9.17) is 16.6 Å². The Labute approximate surface area is 56.0 Å². The summed E-state index contributed by atoms with van der Waals surface area (Å²) in [7, 11) is 0. The van der Waals surface area contributed by atoms with Crippen LogP contribution >= 0.6 is 0 Å². The highest BCUT2D eigenvalue weighted by Gasteiger charge is 2.04. The number of hydrogen-bond donors (Lipinski definition) is 3. The molecule has 3 heteroatoms. The predicted molar refractivity (Wildman–Crippen MR) is 37.9 cm³/mol. The molecular formula is C6H16N2O. The van der Waals surface area contributed by atoms with Gasteiger partial charge in [0, 0.05) is 19.2 Å². The van der Waals surface area contributed by atoms with Gasteiger partial charge in [0.15, 0.2) is 0 Å². The molecule has 0 aromatic carbocycles. The number of rotatable bonds is 4. The van der Waals surface area contributed by atoms with E-state index in [1.165, 1.54) is 0 Å². The fourth-order valence-corrected chi connectivity index (χ4v) is 0.688. The summed E-state index contributed by atoms with van der Waals surface area (Å²) >= 11 is 0. The summed E-state index contributed by atoms with van der Waals surface area (Å²) in [6, 6.07) is 0.0483. The summed E-state index contributed by atoms with van der Waals surface area (Å²) in [5, 5.41) is 8.58. The molecule has 0 aliphatic carbocycles. The Balaban J connectivity index is 3.22. The van der Waals surface area contributed by atoms with E-state index in [-0.39, 0.29) is 18.6 Å². The van der Waals surface area contributed by atoms with Crippen molar-refractivity contribution in [1.82, 2.24) is 0 Å². The number of aliphatic hydroxyl groups is 1. The smallest absolute Gasteiger partial charge is 0.0457 e. The van der Waals surface area contributed by atoms with Crippen LogP contribution in [-0.2, 0) is 0 Å². The number of nitrogens with two attached hydrogens (primary N) is 2. The van der Waals surface area contributed by atoms with Crippen molar-refractivity contribution in [2.45, 2.75) is 19.4 Å². The van der Waals surface area contributed by atoms with Crippen LogP contribution in [0.5, 0.6) is 0 Å². The van der Waals surface area contributed by atoms with Crippen LogP contribution in [0, 0.1) is 5.92 Å². The molecule has 2 unspecified atom stereocenters. The third-order valence-electron chi connectivity index (χ3n) is 1.32. The summed E-state index contributed by atoms with van der Waals surface area (Å²) < 4.78 is 0. The average molecular weight is 132 g/mol. The highest BCUT2D eigenvalue weighted by atomic mass is 16.3. The van der Waals surface area contributed by atoms with Crippen molar-refractivity contribution < 1.29 is 5.11 Å². The molecule has 0 saturated heterocycles. The molecule has 0 saturated carbocycles. The van der Waals surface area contributed by atoms with Crippen molar-refractivity contribution in [2.75, 3.05) is 13.2 Å². The first-order valence-corrected chi connectivity index (χ1v) is 3.27. The van der Waals surface area contributed by atoms with Crippen LogP contribution in [0.15, 0.2) is 0 Å². The van der Waals surface area contributed by atoms with Crippen LogP contribution in [0.25, 0.3) is 0 Å². The SMILES string of the molecule is CC(CO)CC(N)CN. The molecule has 5 N–H and O–H groups in total. The Kier molecular flexibility index (Phi) is 4.67. The van der Waals surface area contributed by atoms with Gasteiger partial charge < -0.3 is 16.6 Å². The quantitative estimate of drug-likeness (QED) is 0.473. The molecule has 0 aliphatic heterocycles. The number of aliphatic hydroxyl groups excluding tert-OH is 1. The van der Waals surface area contributed by atoms with Gasteiger partial charge in [0.25, 0.3) is 0 Å². The van der Waals surface area contributed by atoms with Gasteiger partial charge in [-0.25, -0.2) is 0 Å². The molecule has 9 heavy (non-hydrogen) atoms. The zero-order chi connectivity index (χ0) is 7.28. The van der Waals surface area contributed by atoms with Crippen LogP contribution in [0.3, 0.4) is 0 Å². The van der Waals surface area contributed by atoms with Crippen molar-refractivity contribution in [3.05, 3.63) is 0 Å². The Hall–Kier alpha value is -0.120. The molecule has 0 spiro atoms. The first-order valence-electron chi connectivity index (χ1n) is 3.27. The molecule has 0 bridgehead atoms. The molecule has 0 rings (SSSR count). The van der Waals surface area contributed by atoms with Crippen molar-refractivity contribution in [1.29, 1.82) is 0 Å². The summed E-state index contributed by atoms with van der Waals surface area (Å²) in [5.74, 6) is 0.281. The first kappa shape index (κ1) is 8.88. The van der Waals surface area contributed by atoms with Gasteiger partial charge in [-0.2, -0.15) is 0 Å². The lowest BCUT2D eigenvalue weighted by atomic mass is 10.0. The second-order valence-electron chi connectivity index (χ2n) is 2.52. The maximum Gasteiger partial charge on any atom is 0.0457 e. The largest absolute Gasteiger partial charge is 0.396 e. The lowest BCUT2D eigenvalue weighted by Gasteiger charge is -2.12. The third kappa shape index (κ3) is 4.39. The second kappa shape index (κ2) is 4.73. The van der Waals surface area contributed by atoms with Gasteiger partial charge in [-0.15, -0.1) is 0 Å². The van der Waals surface area contributed by atoms with Gasteiger partial charge in [0.2, 0.25) is 0 Å². The van der Waals surface area contributed by atoms with E-state index in [9.17, 15) is 0 Å². The highest BCUT2D eigenvalue weighted by molar-refractivity contribution is 4.64. The van der Waals surface area contributed by atoms with E-state index in [1.54, 1.807) is 0 Å². The van der Waals surface area contributed by atoms with Gasteiger partial charge in [0.05, 0.1) is 0 Å². The van der Waals surface area contributed by atoms with E-state index in [0.29, 0.717) is 6.54 Å². The van der Waals surface area contributed by atoms with Crippen LogP contribution in [0.1, 0.15) is 13.3 Å². The fraction of sp³-hybridized carbons (Fsp3) is 1.00. The van der Waals surface area contributed by atoms with E-state index < -0.39 is 0 Å². The Bertz CT molecular complexity index is 60.1. The zero-order valence-electron chi connectivity index (χ0n) is 5.88. The molecular weight excluding hydrogens is 116 g/mol. The average Bonchev–Trinajstić information content (AvgIpc) is 1.87. The summed E-state index contributed by atoms with van der Waals surface area (Å²) in [6.45, 7) is 2.66. The lowest BCUT2D eigenvalue weighted by molar-refractivity contribution is 0.224. The second-order valence-corrected chi connectivity index (χ2v) is 2.52. The molecule has 0 aromatic heterocycles. The standard InChI is InChI=1S/C6H16N2O/c1-5(4-9)2-6(8)3-7/h5-6,9H,2-4,7-8H2,1H3. The minimum atomic E-state index is 0.0483. The van der Waals surface area contributed by atoms with Gasteiger partial charge >= 0.3 is 0 Å². The maximum absolute atomic E-state index is 8.58. The van der Waals surface area contributed by atoms with Crippen LogP contribution in [0.2, 0.25) is 0 Å². The molecule has 0 radical (unpaired) electrons. The summed E-state index contributed by atoms with van der Waals surface area (Å²) in [5.41, 5.74) is 10.8. The minimum Gasteiger partial charge on any atom is -0.396 e. The Morgan fingerprint density at radius 3 is 2.44 bits per heavy atom. The Morgan fingerprint density at radius 2 is 2.11 bits per heavy atom. The van der Waals surface area contributed by atoms with E-state index in [2.05, 4.69) is 0 Å². The Morgan fingerprint density at radius 1 is 1.56 bits per heavy atom. The summed E-state index contributed by atoms with van der Waals surface area (Å²) in [4.78, 5) is 0. The molecule has 0 aliphatic rings. The number of hydrogen-bond acceptors (Lipinski definition) is 3. The van der Waals surface area contributed by atoms with Gasteiger partial charge in [-0.1, -0.05) is 6.92 Å². The van der Waals surface area contributed by atoms with Crippen molar-refractivity contribution in [2.24, 2.45) is 17.4 Å². The third-order valence-corrected chi connectivity index (χ3v) is 1.32. The van der Waals surface area contributed by atoms with E-state index in [0.717, 1.165) is 6.42 Å². The van der Waals surface area contributed by atoms with Crippen molar-refractivity contribution in [3.63, 3.8) is 0 Å². The fourth-order valence-electron chi connectivity index (χ4n) is 0.688. The molecule has 0 amide bonds. The maximum atomic E-state index is 8.58. The summed E-state index contributed by atoms with van der Waals surface area (Å²) in [6.07, 6.45) is 0.812. The lowest BCUT2D eigenvalue weighted by Crippen LogP contribution is -2.31. The first-order chi connectivity index (χ1) is 4.20. The monoisotopic (exact) mass is 132 g/mol. The molecule has 3 nitrogen and oxygen atoms in total. The predicted octanol–water partition coefficient (Wildman–Crippen LogP) is -0.709. The van der Waals surface area contributed by atoms with E-state index >= 15 is 0 Å². The zero-order valence-corrected chi connectivity index (χ0v) is 5.88. The van der Waals surface area contributed by atoms with Gasteiger partial charge in [-0.05, 0) is 12.3 Å². The van der Waals surface area contributed by atoms with Gasteiger partial charge in [0.1, 0.15) is 0 Å². The highest BCUT2D eigenvalue weighted by Crippen LogP contribution is 2.01. The van der Waals surface area contributed by atoms with Crippen molar-refractivity contribution >= 4 is 0 Å². The normalized spacial score (nSPS) is 17.3. The topological polar surface area (TPSA) is 72.3 Å². The van der Waals surface area contributed by atoms with E-state index in [1.807, 2.05) is 6.92 Å².